The molecule has 102 valence electrons. The lowest BCUT2D eigenvalue weighted by Crippen LogP contribution is -2.28. The molecule has 2 aromatic rings. The molecule has 1 unspecified atom stereocenters. The second-order valence-electron chi connectivity index (χ2n) is 5.20. The van der Waals surface area contributed by atoms with Crippen LogP contribution in [0.2, 0.25) is 0 Å². The van der Waals surface area contributed by atoms with Crippen LogP contribution >= 0.6 is 7.14 Å². The normalized spacial score (nSPS) is 19.2. The van der Waals surface area contributed by atoms with Gasteiger partial charge in [0.1, 0.15) is 5.78 Å². The number of hydrogen-bond acceptors (Lipinski definition) is 2. The highest BCUT2D eigenvalue weighted by molar-refractivity contribution is 7.80. The largest absolute Gasteiger partial charge is 0.313 e. The highest BCUT2D eigenvalue weighted by atomic mass is 31.2. The van der Waals surface area contributed by atoms with Gasteiger partial charge in [-0.15, -0.1) is 0 Å². The first-order valence-corrected chi connectivity index (χ1v) is 8.74. The smallest absolute Gasteiger partial charge is 0.153 e. The molecule has 0 amide bonds. The van der Waals surface area contributed by atoms with E-state index in [1.807, 2.05) is 60.7 Å². The van der Waals surface area contributed by atoms with Gasteiger partial charge in [-0.25, -0.2) is 0 Å². The predicted octanol–water partition coefficient (Wildman–Crippen LogP) is 3.12. The van der Waals surface area contributed by atoms with Crippen molar-refractivity contribution in [1.82, 2.24) is 0 Å². The molecule has 1 saturated carbocycles. The molecule has 0 aliphatic heterocycles. The summed E-state index contributed by atoms with van der Waals surface area (Å²) in [5.41, 5.74) is -0.340. The lowest BCUT2D eigenvalue weighted by molar-refractivity contribution is -0.117. The monoisotopic (exact) mass is 284 g/mol. The van der Waals surface area contributed by atoms with E-state index in [1.165, 1.54) is 0 Å². The van der Waals surface area contributed by atoms with Crippen LogP contribution in [0, 0.1) is 0 Å². The molecule has 0 heterocycles. The van der Waals surface area contributed by atoms with Crippen LogP contribution in [-0.4, -0.2) is 11.4 Å². The van der Waals surface area contributed by atoms with Crippen molar-refractivity contribution in [2.24, 2.45) is 0 Å². The van der Waals surface area contributed by atoms with Crippen molar-refractivity contribution in [3.05, 3.63) is 60.7 Å². The zero-order valence-corrected chi connectivity index (χ0v) is 12.1. The zero-order chi connectivity index (χ0) is 14.0. The molecule has 1 aliphatic rings. The molecule has 3 heteroatoms. The molecule has 0 radical (unpaired) electrons. The molecule has 2 nitrogen and oxygen atoms in total. The molecule has 3 rings (SSSR count). The van der Waals surface area contributed by atoms with Gasteiger partial charge in [0.15, 0.2) is 7.14 Å². The Morgan fingerprint density at radius 3 is 1.75 bits per heavy atom. The summed E-state index contributed by atoms with van der Waals surface area (Å²) in [4.78, 5) is 12.2. The second kappa shape index (κ2) is 5.38. The maximum absolute atomic E-state index is 13.8. The lowest BCUT2D eigenvalue weighted by atomic mass is 10.3. The Hall–Kier alpha value is -1.66. The number of Topliss-reactive ketones (excluding diaryl/α,β-unsaturated/α-hetero) is 1. The van der Waals surface area contributed by atoms with E-state index in [2.05, 4.69) is 0 Å². The SMILES string of the molecule is O=C1CCCC1P(=O)(c1ccccc1)c1ccccc1. The van der Waals surface area contributed by atoms with Gasteiger partial charge >= 0.3 is 0 Å². The van der Waals surface area contributed by atoms with Crippen molar-refractivity contribution in [3.8, 4) is 0 Å². The third-order valence-electron chi connectivity index (χ3n) is 3.99. The number of carbonyl (C=O) groups is 1. The van der Waals surface area contributed by atoms with Crippen LogP contribution in [0.5, 0.6) is 0 Å². The highest BCUT2D eigenvalue weighted by Gasteiger charge is 2.42. The molecule has 1 fully saturated rings. The van der Waals surface area contributed by atoms with Gasteiger partial charge in [0.2, 0.25) is 0 Å². The molecule has 1 aliphatic carbocycles. The van der Waals surface area contributed by atoms with E-state index < -0.39 is 7.14 Å². The van der Waals surface area contributed by atoms with E-state index in [-0.39, 0.29) is 11.4 Å². The van der Waals surface area contributed by atoms with Crippen molar-refractivity contribution < 1.29 is 9.36 Å². The fraction of sp³-hybridized carbons (Fsp3) is 0.235. The van der Waals surface area contributed by atoms with E-state index in [4.69, 9.17) is 0 Å². The average Bonchev–Trinajstić information content (AvgIpc) is 2.95. The number of benzene rings is 2. The van der Waals surface area contributed by atoms with Crippen molar-refractivity contribution in [2.75, 3.05) is 0 Å². The van der Waals surface area contributed by atoms with Gasteiger partial charge in [0, 0.05) is 17.0 Å². The van der Waals surface area contributed by atoms with E-state index in [0.29, 0.717) is 6.42 Å². The summed E-state index contributed by atoms with van der Waals surface area (Å²) in [5.74, 6) is 0.154. The van der Waals surface area contributed by atoms with Crippen LogP contribution in [0.3, 0.4) is 0 Å². The van der Waals surface area contributed by atoms with Crippen LogP contribution in [0.15, 0.2) is 60.7 Å². The average molecular weight is 284 g/mol. The summed E-state index contributed by atoms with van der Waals surface area (Å²) in [7, 11) is -2.88. The first-order chi connectivity index (χ1) is 9.73. The Morgan fingerprint density at radius 2 is 1.35 bits per heavy atom. The Morgan fingerprint density at radius 1 is 0.850 bits per heavy atom. The number of carbonyl (C=O) groups excluding carboxylic acids is 1. The molecule has 0 bridgehead atoms. The Bertz CT molecular complexity index is 606. The van der Waals surface area contributed by atoms with Gasteiger partial charge < -0.3 is 4.57 Å². The molecule has 0 N–H and O–H groups in total. The van der Waals surface area contributed by atoms with Crippen molar-refractivity contribution in [1.29, 1.82) is 0 Å². The van der Waals surface area contributed by atoms with Crippen molar-refractivity contribution in [3.63, 3.8) is 0 Å². The minimum atomic E-state index is -2.88. The molecule has 0 spiro atoms. The van der Waals surface area contributed by atoms with E-state index in [0.717, 1.165) is 23.5 Å². The summed E-state index contributed by atoms with van der Waals surface area (Å²) in [6, 6.07) is 18.9. The van der Waals surface area contributed by atoms with Crippen LogP contribution in [-0.2, 0) is 9.36 Å². The molecular formula is C17H17O2P. The molecule has 1 atom stereocenters. The summed E-state index contributed by atoms with van der Waals surface area (Å²) in [5, 5.41) is 1.60. The molecule has 0 aromatic heterocycles. The standard InChI is InChI=1S/C17H17O2P/c18-16-12-7-13-17(16)20(19,14-8-3-1-4-9-14)15-10-5-2-6-11-15/h1-6,8-11,17H,7,12-13H2. The van der Waals surface area contributed by atoms with Crippen molar-refractivity contribution >= 4 is 23.5 Å². The van der Waals surface area contributed by atoms with Crippen LogP contribution in [0.25, 0.3) is 0 Å². The third kappa shape index (κ3) is 2.14. The van der Waals surface area contributed by atoms with Crippen LogP contribution in [0.4, 0.5) is 0 Å². The minimum absolute atomic E-state index is 0.154. The lowest BCUT2D eigenvalue weighted by Gasteiger charge is -2.24. The fourth-order valence-corrected chi connectivity index (χ4v) is 6.32. The summed E-state index contributed by atoms with van der Waals surface area (Å²) < 4.78 is 13.8. The Balaban J connectivity index is 2.18. The van der Waals surface area contributed by atoms with Gasteiger partial charge in [-0.2, -0.15) is 0 Å². The summed E-state index contributed by atoms with van der Waals surface area (Å²) in [6.07, 6.45) is 2.15. The van der Waals surface area contributed by atoms with Gasteiger partial charge in [-0.05, 0) is 12.8 Å². The van der Waals surface area contributed by atoms with Crippen LogP contribution in [0.1, 0.15) is 19.3 Å². The van der Waals surface area contributed by atoms with E-state index >= 15 is 0 Å². The maximum Gasteiger partial charge on any atom is 0.153 e. The second-order valence-corrected chi connectivity index (χ2v) is 8.18. The Kier molecular flexibility index (Phi) is 3.58. The number of rotatable bonds is 3. The fourth-order valence-electron chi connectivity index (χ4n) is 2.99. The number of ketones is 1. The minimum Gasteiger partial charge on any atom is -0.313 e. The predicted molar refractivity (Wildman–Crippen MR) is 82.4 cm³/mol. The first kappa shape index (κ1) is 13.3. The van der Waals surface area contributed by atoms with Gasteiger partial charge in [0.05, 0.1) is 5.66 Å². The molecular weight excluding hydrogens is 267 g/mol. The van der Waals surface area contributed by atoms with Gasteiger partial charge in [-0.3, -0.25) is 4.79 Å². The van der Waals surface area contributed by atoms with Gasteiger partial charge in [-0.1, -0.05) is 60.7 Å². The molecule has 0 saturated heterocycles. The zero-order valence-electron chi connectivity index (χ0n) is 11.2. The van der Waals surface area contributed by atoms with Gasteiger partial charge in [0.25, 0.3) is 0 Å². The Labute approximate surface area is 119 Å². The maximum atomic E-state index is 13.8. The highest BCUT2D eigenvalue weighted by Crippen LogP contribution is 2.53. The molecule has 2 aromatic carbocycles. The quantitative estimate of drug-likeness (QED) is 0.812. The summed E-state index contributed by atoms with van der Waals surface area (Å²) >= 11 is 0. The summed E-state index contributed by atoms with van der Waals surface area (Å²) in [6.45, 7) is 0. The topological polar surface area (TPSA) is 34.1 Å². The van der Waals surface area contributed by atoms with E-state index in [1.54, 1.807) is 0 Å². The third-order valence-corrected chi connectivity index (χ3v) is 7.55. The van der Waals surface area contributed by atoms with E-state index in [9.17, 15) is 9.36 Å². The van der Waals surface area contributed by atoms with Crippen molar-refractivity contribution in [2.45, 2.75) is 24.9 Å². The number of hydrogen-bond donors (Lipinski definition) is 0. The first-order valence-electron chi connectivity index (χ1n) is 6.96. The van der Waals surface area contributed by atoms with Crippen LogP contribution < -0.4 is 10.6 Å². The molecule has 20 heavy (non-hydrogen) atoms.